The molecule has 3 rings (SSSR count). The fourth-order valence-electron chi connectivity index (χ4n) is 2.12. The first kappa shape index (κ1) is 10.6. The number of rotatable bonds is 2. The van der Waals surface area contributed by atoms with Crippen molar-refractivity contribution < 1.29 is 0 Å². The summed E-state index contributed by atoms with van der Waals surface area (Å²) < 4.78 is 0. The molecule has 1 aliphatic rings. The van der Waals surface area contributed by atoms with Crippen LogP contribution >= 0.6 is 11.3 Å². The van der Waals surface area contributed by atoms with Gasteiger partial charge in [-0.15, -0.1) is 11.3 Å². The van der Waals surface area contributed by atoms with Crippen molar-refractivity contribution in [2.24, 2.45) is 0 Å². The predicted octanol–water partition coefficient (Wildman–Crippen LogP) is -0.184. The Labute approximate surface area is 101 Å². The van der Waals surface area contributed by atoms with Crippen LogP contribution in [0.5, 0.6) is 0 Å². The molecule has 0 amide bonds. The van der Waals surface area contributed by atoms with Crippen LogP contribution in [-0.4, -0.2) is 31.2 Å². The Morgan fingerprint density at radius 3 is 2.65 bits per heavy atom. The molecule has 0 radical (unpaired) electrons. The van der Waals surface area contributed by atoms with Gasteiger partial charge in [-0.2, -0.15) is 0 Å². The van der Waals surface area contributed by atoms with Crippen LogP contribution in [0.1, 0.15) is 0 Å². The van der Waals surface area contributed by atoms with Crippen LogP contribution in [0.2, 0.25) is 0 Å². The predicted molar refractivity (Wildman–Crippen MR) is 67.5 cm³/mol. The van der Waals surface area contributed by atoms with E-state index in [1.807, 2.05) is 10.3 Å². The summed E-state index contributed by atoms with van der Waals surface area (Å²) in [4.78, 5) is 29.4. The van der Waals surface area contributed by atoms with Gasteiger partial charge >= 0.3 is 0 Å². The van der Waals surface area contributed by atoms with Crippen LogP contribution in [0.3, 0.4) is 0 Å². The maximum Gasteiger partial charge on any atom is 0.250 e. The molecule has 1 N–H and O–H groups in total. The minimum absolute atomic E-state index is 0.364. The van der Waals surface area contributed by atoms with Crippen molar-refractivity contribution in [2.45, 2.75) is 0 Å². The quantitative estimate of drug-likeness (QED) is 0.748. The maximum absolute atomic E-state index is 11.7. The van der Waals surface area contributed by atoms with Crippen LogP contribution < -0.4 is 21.1 Å². The molecule has 17 heavy (non-hydrogen) atoms. The Morgan fingerprint density at radius 2 is 2.00 bits per heavy atom. The third-order valence-corrected chi connectivity index (χ3v) is 3.76. The van der Waals surface area contributed by atoms with Crippen molar-refractivity contribution >= 4 is 17.0 Å². The molecule has 1 aliphatic heterocycles. The van der Waals surface area contributed by atoms with Gasteiger partial charge in [-0.25, -0.2) is 4.98 Å². The molecule has 88 valence electrons. The van der Waals surface area contributed by atoms with E-state index >= 15 is 0 Å². The molecule has 2 aromatic rings. The zero-order valence-corrected chi connectivity index (χ0v) is 9.92. The molecule has 1 fully saturated rings. The first-order valence-corrected chi connectivity index (χ1v) is 6.36. The summed E-state index contributed by atoms with van der Waals surface area (Å²) >= 11 is 1.40. The van der Waals surface area contributed by atoms with Crippen LogP contribution in [0.15, 0.2) is 21.2 Å². The summed E-state index contributed by atoms with van der Waals surface area (Å²) in [5.74, 6) is 0. The van der Waals surface area contributed by atoms with Gasteiger partial charge < -0.3 is 10.2 Å². The van der Waals surface area contributed by atoms with Gasteiger partial charge in [0.1, 0.15) is 10.7 Å². The van der Waals surface area contributed by atoms with Crippen LogP contribution in [-0.2, 0) is 0 Å². The highest BCUT2D eigenvalue weighted by Crippen LogP contribution is 2.28. The molecule has 0 spiro atoms. The zero-order chi connectivity index (χ0) is 11.8. The molecule has 0 saturated carbocycles. The second-order valence-corrected chi connectivity index (χ2v) is 4.85. The second-order valence-electron chi connectivity index (χ2n) is 3.96. The molecule has 1 saturated heterocycles. The largest absolute Gasteiger partial charge is 0.365 e. The van der Waals surface area contributed by atoms with E-state index in [9.17, 15) is 9.59 Å². The molecule has 0 atom stereocenters. The summed E-state index contributed by atoms with van der Waals surface area (Å²) in [6.45, 7) is 3.22. The maximum atomic E-state index is 11.7. The molecular formula is C11H11N3O2S. The van der Waals surface area contributed by atoms with Gasteiger partial charge in [0.15, 0.2) is 0 Å². The smallest absolute Gasteiger partial charge is 0.250 e. The Morgan fingerprint density at radius 1 is 1.24 bits per heavy atom. The van der Waals surface area contributed by atoms with E-state index < -0.39 is 5.43 Å². The Hall–Kier alpha value is -1.53. The van der Waals surface area contributed by atoms with Gasteiger partial charge in [-0.1, -0.05) is 0 Å². The van der Waals surface area contributed by atoms with E-state index in [0.29, 0.717) is 16.3 Å². The lowest BCUT2D eigenvalue weighted by Crippen LogP contribution is -2.50. The SMILES string of the molecule is O=c1c(-c2nccs2)c(N2CCNCC2)c1=O. The normalized spacial score (nSPS) is 16.6. The molecule has 0 aliphatic carbocycles. The molecule has 1 aromatic carbocycles. The van der Waals surface area contributed by atoms with Crippen molar-refractivity contribution in [1.82, 2.24) is 10.3 Å². The molecular weight excluding hydrogens is 238 g/mol. The van der Waals surface area contributed by atoms with E-state index in [1.54, 1.807) is 6.20 Å². The number of nitrogens with zero attached hydrogens (tertiary/aromatic N) is 2. The average Bonchev–Trinajstić information content (AvgIpc) is 2.88. The molecule has 0 bridgehead atoms. The second kappa shape index (κ2) is 4.05. The fourth-order valence-corrected chi connectivity index (χ4v) is 2.79. The standard InChI is InChI=1S/C11H11N3O2S/c15-9-7(11-13-3-6-17-11)8(10(9)16)14-4-1-12-2-5-14/h3,6,12H,1-2,4-5H2. The number of hydrogen-bond donors (Lipinski definition) is 1. The highest BCUT2D eigenvalue weighted by molar-refractivity contribution is 7.13. The van der Waals surface area contributed by atoms with Crippen LogP contribution in [0.4, 0.5) is 5.69 Å². The van der Waals surface area contributed by atoms with E-state index in [1.165, 1.54) is 11.3 Å². The van der Waals surface area contributed by atoms with Crippen molar-refractivity contribution in [3.05, 3.63) is 32.0 Å². The van der Waals surface area contributed by atoms with E-state index in [4.69, 9.17) is 0 Å². The topological polar surface area (TPSA) is 62.3 Å². The summed E-state index contributed by atoms with van der Waals surface area (Å²) in [5.41, 5.74) is 0.309. The van der Waals surface area contributed by atoms with Crippen LogP contribution in [0, 0.1) is 0 Å². The Kier molecular flexibility index (Phi) is 2.53. The van der Waals surface area contributed by atoms with Crippen molar-refractivity contribution in [3.8, 4) is 10.6 Å². The summed E-state index contributed by atoms with van der Waals surface area (Å²) in [6, 6.07) is 0. The number of nitrogens with one attached hydrogen (secondary N) is 1. The number of anilines is 1. The monoisotopic (exact) mass is 249 g/mol. The van der Waals surface area contributed by atoms with E-state index in [-0.39, 0.29) is 5.43 Å². The van der Waals surface area contributed by atoms with Crippen LogP contribution in [0.25, 0.3) is 10.6 Å². The highest BCUT2D eigenvalue weighted by Gasteiger charge is 2.28. The van der Waals surface area contributed by atoms with Crippen molar-refractivity contribution in [1.29, 1.82) is 0 Å². The number of aromatic nitrogens is 1. The Balaban J connectivity index is 2.03. The lowest BCUT2D eigenvalue weighted by Gasteiger charge is -2.30. The number of thiazole rings is 1. The third kappa shape index (κ3) is 1.60. The lowest BCUT2D eigenvalue weighted by molar-refractivity contribution is 0.587. The van der Waals surface area contributed by atoms with E-state index in [2.05, 4.69) is 10.3 Å². The van der Waals surface area contributed by atoms with Gasteiger partial charge in [0, 0.05) is 37.8 Å². The third-order valence-electron chi connectivity index (χ3n) is 2.96. The average molecular weight is 249 g/mol. The Bertz CT molecular complexity index is 593. The van der Waals surface area contributed by atoms with Crippen molar-refractivity contribution in [3.63, 3.8) is 0 Å². The number of piperazine rings is 1. The molecule has 1 aromatic heterocycles. The first-order valence-electron chi connectivity index (χ1n) is 5.48. The number of hydrogen-bond acceptors (Lipinski definition) is 6. The fraction of sp³-hybridized carbons (Fsp3) is 0.364. The van der Waals surface area contributed by atoms with Gasteiger partial charge in [0.2, 0.25) is 5.43 Å². The molecule has 2 heterocycles. The minimum Gasteiger partial charge on any atom is -0.365 e. The molecule has 0 unspecified atom stereocenters. The summed E-state index contributed by atoms with van der Waals surface area (Å²) in [5, 5.41) is 5.69. The minimum atomic E-state index is -0.395. The molecule has 5 nitrogen and oxygen atoms in total. The summed E-state index contributed by atoms with van der Waals surface area (Å²) in [6.07, 6.45) is 1.65. The van der Waals surface area contributed by atoms with E-state index in [0.717, 1.165) is 26.2 Å². The summed E-state index contributed by atoms with van der Waals surface area (Å²) in [7, 11) is 0. The highest BCUT2D eigenvalue weighted by atomic mass is 32.1. The lowest BCUT2D eigenvalue weighted by atomic mass is 10.1. The van der Waals surface area contributed by atoms with Crippen molar-refractivity contribution in [2.75, 3.05) is 31.1 Å². The van der Waals surface area contributed by atoms with Gasteiger partial charge in [0.25, 0.3) is 5.43 Å². The molecule has 6 heteroatoms. The van der Waals surface area contributed by atoms with Gasteiger partial charge in [-0.05, 0) is 0 Å². The van der Waals surface area contributed by atoms with Gasteiger partial charge in [0.05, 0.1) is 5.56 Å². The first-order chi connectivity index (χ1) is 8.29. The zero-order valence-electron chi connectivity index (χ0n) is 9.10. The van der Waals surface area contributed by atoms with Gasteiger partial charge in [-0.3, -0.25) is 9.59 Å².